The monoisotopic (exact) mass is 440 g/mol. The van der Waals surface area contributed by atoms with E-state index < -0.39 is 37.0 Å². The van der Waals surface area contributed by atoms with Crippen molar-refractivity contribution in [2.24, 2.45) is 0 Å². The number of carbonyl (C=O) groups is 4. The lowest BCUT2D eigenvalue weighted by molar-refractivity contribution is -0.149. The number of amides is 3. The van der Waals surface area contributed by atoms with Gasteiger partial charge in [-0.05, 0) is 35.7 Å². The van der Waals surface area contributed by atoms with Crippen molar-refractivity contribution < 1.29 is 37.4 Å². The maximum absolute atomic E-state index is 12.1. The zero-order valence-electron chi connectivity index (χ0n) is 15.7. The van der Waals surface area contributed by atoms with Crippen LogP contribution in [-0.4, -0.2) is 36.9 Å². The second kappa shape index (κ2) is 11.0. The van der Waals surface area contributed by atoms with E-state index in [9.17, 15) is 28.0 Å². The van der Waals surface area contributed by atoms with E-state index >= 15 is 0 Å². The van der Waals surface area contributed by atoms with Gasteiger partial charge in [0, 0.05) is 17.4 Å². The number of imide groups is 1. The van der Waals surface area contributed by atoms with Gasteiger partial charge in [0.15, 0.2) is 6.61 Å². The largest absolute Gasteiger partial charge is 0.455 e. The molecule has 160 valence electrons. The number of thiophene rings is 1. The van der Waals surface area contributed by atoms with Crippen molar-refractivity contribution in [1.29, 1.82) is 0 Å². The van der Waals surface area contributed by atoms with Gasteiger partial charge < -0.3 is 14.8 Å². The van der Waals surface area contributed by atoms with E-state index in [4.69, 9.17) is 4.74 Å². The number of ether oxygens (including phenoxy) is 2. The molecule has 0 bridgehead atoms. The molecule has 1 heterocycles. The average molecular weight is 440 g/mol. The summed E-state index contributed by atoms with van der Waals surface area (Å²) in [6.45, 7) is -2.38. The lowest BCUT2D eigenvalue weighted by Gasteiger charge is -2.15. The summed E-state index contributed by atoms with van der Waals surface area (Å²) < 4.78 is 33.3. The van der Waals surface area contributed by atoms with Crippen LogP contribution in [-0.2, 0) is 19.1 Å². The van der Waals surface area contributed by atoms with Gasteiger partial charge in [-0.3, -0.25) is 24.5 Å². The molecule has 3 amide bonds. The van der Waals surface area contributed by atoms with Crippen LogP contribution in [0.2, 0.25) is 0 Å². The Bertz CT molecular complexity index is 887. The van der Waals surface area contributed by atoms with Gasteiger partial charge in [0.2, 0.25) is 5.91 Å². The van der Waals surface area contributed by atoms with Crippen LogP contribution in [0.1, 0.15) is 34.6 Å². The summed E-state index contributed by atoms with van der Waals surface area (Å²) in [7, 11) is 0. The molecule has 2 rings (SSSR count). The van der Waals surface area contributed by atoms with Gasteiger partial charge in [-0.15, -0.1) is 11.3 Å². The highest BCUT2D eigenvalue weighted by Gasteiger charge is 2.20. The van der Waals surface area contributed by atoms with Gasteiger partial charge in [0.25, 0.3) is 11.8 Å². The Balaban J connectivity index is 1.82. The third-order valence-electron chi connectivity index (χ3n) is 3.59. The number of hydrogen-bond donors (Lipinski definition) is 2. The van der Waals surface area contributed by atoms with Crippen molar-refractivity contribution in [3.8, 4) is 5.75 Å². The molecular formula is C19H18F2N2O6S. The van der Waals surface area contributed by atoms with E-state index in [1.807, 2.05) is 5.32 Å². The minimum Gasteiger partial charge on any atom is -0.455 e. The number of carbonyl (C=O) groups excluding carboxylic acids is 4. The first-order chi connectivity index (χ1) is 14.2. The normalized spacial score (nSPS) is 11.5. The van der Waals surface area contributed by atoms with E-state index in [0.717, 1.165) is 17.0 Å². The lowest BCUT2D eigenvalue weighted by atomic mass is 10.1. The molecule has 0 aliphatic carbocycles. The topological polar surface area (TPSA) is 111 Å². The molecule has 30 heavy (non-hydrogen) atoms. The van der Waals surface area contributed by atoms with Crippen molar-refractivity contribution in [2.75, 3.05) is 6.61 Å². The van der Waals surface area contributed by atoms with Crippen molar-refractivity contribution in [3.05, 3.63) is 52.2 Å². The van der Waals surface area contributed by atoms with Gasteiger partial charge in [0.1, 0.15) is 5.75 Å². The zero-order chi connectivity index (χ0) is 22.1. The summed E-state index contributed by atoms with van der Waals surface area (Å²) in [6, 6.07) is 7.63. The maximum atomic E-state index is 12.1. The van der Waals surface area contributed by atoms with E-state index in [1.54, 1.807) is 17.5 Å². The SMILES string of the molecule is CC(=O)NC(CC(=O)OCC(=O)NC(=O)c1ccc(OC(F)F)cc1)c1cccs1. The minimum atomic E-state index is -2.99. The third kappa shape index (κ3) is 7.59. The van der Waals surface area contributed by atoms with Crippen LogP contribution < -0.4 is 15.4 Å². The number of benzene rings is 1. The Morgan fingerprint density at radius 1 is 1.10 bits per heavy atom. The molecule has 0 fully saturated rings. The smallest absolute Gasteiger partial charge is 0.387 e. The van der Waals surface area contributed by atoms with Crippen molar-refractivity contribution >= 4 is 35.0 Å². The van der Waals surface area contributed by atoms with Crippen molar-refractivity contribution in [3.63, 3.8) is 0 Å². The molecule has 8 nitrogen and oxygen atoms in total. The van der Waals surface area contributed by atoms with Crippen molar-refractivity contribution in [2.45, 2.75) is 26.0 Å². The van der Waals surface area contributed by atoms with Gasteiger partial charge in [-0.25, -0.2) is 0 Å². The first kappa shape index (κ1) is 22.9. The molecule has 2 aromatic rings. The van der Waals surface area contributed by atoms with Crippen LogP contribution in [0, 0.1) is 0 Å². The second-order valence-corrected chi connectivity index (χ2v) is 6.89. The number of halogens is 2. The van der Waals surface area contributed by atoms with Crippen LogP contribution in [0.5, 0.6) is 5.75 Å². The second-order valence-electron chi connectivity index (χ2n) is 5.91. The van der Waals surface area contributed by atoms with E-state index in [1.165, 1.54) is 30.4 Å². The molecule has 1 aromatic carbocycles. The van der Waals surface area contributed by atoms with Gasteiger partial charge >= 0.3 is 12.6 Å². The van der Waals surface area contributed by atoms with Gasteiger partial charge in [0.05, 0.1) is 12.5 Å². The molecule has 0 saturated carbocycles. The van der Waals surface area contributed by atoms with Crippen LogP contribution in [0.25, 0.3) is 0 Å². The Morgan fingerprint density at radius 3 is 2.37 bits per heavy atom. The number of rotatable bonds is 9. The molecule has 1 aromatic heterocycles. The standard InChI is InChI=1S/C19H18F2N2O6S/c1-11(24)22-14(15-3-2-8-30-15)9-17(26)28-10-16(25)23-18(27)12-4-6-13(7-5-12)29-19(20)21/h2-8,14,19H,9-10H2,1H3,(H,22,24)(H,23,25,27). The van der Waals surface area contributed by atoms with E-state index in [0.29, 0.717) is 0 Å². The van der Waals surface area contributed by atoms with Crippen LogP contribution in [0.4, 0.5) is 8.78 Å². The summed E-state index contributed by atoms with van der Waals surface area (Å²) in [4.78, 5) is 47.9. The number of hydrogen-bond acceptors (Lipinski definition) is 7. The number of alkyl halides is 2. The fourth-order valence-corrected chi connectivity index (χ4v) is 3.13. The predicted octanol–water partition coefficient (Wildman–Crippen LogP) is 2.42. The molecule has 1 atom stereocenters. The van der Waals surface area contributed by atoms with Gasteiger partial charge in [-0.2, -0.15) is 8.78 Å². The highest BCUT2D eigenvalue weighted by Crippen LogP contribution is 2.22. The van der Waals surface area contributed by atoms with E-state index in [2.05, 4.69) is 10.1 Å². The lowest BCUT2D eigenvalue weighted by Crippen LogP contribution is -2.34. The highest BCUT2D eigenvalue weighted by atomic mass is 32.1. The summed E-state index contributed by atoms with van der Waals surface area (Å²) in [6.07, 6.45) is -0.188. The van der Waals surface area contributed by atoms with Crippen LogP contribution in [0.15, 0.2) is 41.8 Å². The van der Waals surface area contributed by atoms with Crippen LogP contribution in [0.3, 0.4) is 0 Å². The molecular weight excluding hydrogens is 422 g/mol. The highest BCUT2D eigenvalue weighted by molar-refractivity contribution is 7.10. The number of esters is 1. The molecule has 11 heteroatoms. The molecule has 0 aliphatic heterocycles. The Labute approximate surface area is 174 Å². The summed E-state index contributed by atoms with van der Waals surface area (Å²) >= 11 is 1.35. The predicted molar refractivity (Wildman–Crippen MR) is 102 cm³/mol. The first-order valence-electron chi connectivity index (χ1n) is 8.59. The van der Waals surface area contributed by atoms with Crippen molar-refractivity contribution in [1.82, 2.24) is 10.6 Å². The Kier molecular flexibility index (Phi) is 8.41. The summed E-state index contributed by atoms with van der Waals surface area (Å²) in [5.74, 6) is -2.86. The van der Waals surface area contributed by atoms with Crippen LogP contribution >= 0.6 is 11.3 Å². The quantitative estimate of drug-likeness (QED) is 0.580. The number of nitrogens with one attached hydrogen (secondary N) is 2. The Hall–Kier alpha value is -3.34. The van der Waals surface area contributed by atoms with Gasteiger partial charge in [-0.1, -0.05) is 6.07 Å². The third-order valence-corrected chi connectivity index (χ3v) is 4.58. The fourth-order valence-electron chi connectivity index (χ4n) is 2.35. The molecule has 0 saturated heterocycles. The molecule has 0 spiro atoms. The fraction of sp³-hybridized carbons (Fsp3) is 0.263. The molecule has 1 unspecified atom stereocenters. The molecule has 2 N–H and O–H groups in total. The zero-order valence-corrected chi connectivity index (χ0v) is 16.5. The maximum Gasteiger partial charge on any atom is 0.387 e. The summed E-state index contributed by atoms with van der Waals surface area (Å²) in [5, 5.41) is 6.44. The summed E-state index contributed by atoms with van der Waals surface area (Å²) in [5.41, 5.74) is 0.0275. The minimum absolute atomic E-state index is 0.0275. The average Bonchev–Trinajstić information content (AvgIpc) is 3.20. The molecule has 0 aliphatic rings. The first-order valence-corrected chi connectivity index (χ1v) is 9.47. The molecule has 0 radical (unpaired) electrons. The van der Waals surface area contributed by atoms with E-state index in [-0.39, 0.29) is 23.6 Å². The Morgan fingerprint density at radius 2 is 1.80 bits per heavy atom.